The van der Waals surface area contributed by atoms with Crippen molar-refractivity contribution in [2.24, 2.45) is 23.5 Å². The second-order valence-electron chi connectivity index (χ2n) is 7.85. The number of fused-ring (bicyclic) bond motifs is 1. The minimum absolute atomic E-state index is 0.0391. The number of ether oxygens (including phenoxy) is 2. The highest BCUT2D eigenvalue weighted by Crippen LogP contribution is 2.61. The van der Waals surface area contributed by atoms with Gasteiger partial charge in [-0.05, 0) is 54.0 Å². The summed E-state index contributed by atoms with van der Waals surface area (Å²) in [5.74, 6) is 1.25. The van der Waals surface area contributed by atoms with E-state index in [1.807, 2.05) is 17.0 Å². The number of hydrogen-bond donors (Lipinski definition) is 1. The van der Waals surface area contributed by atoms with Crippen molar-refractivity contribution in [3.05, 3.63) is 29.3 Å². The Morgan fingerprint density at radius 3 is 2.77 bits per heavy atom. The summed E-state index contributed by atoms with van der Waals surface area (Å²) in [6.45, 7) is 2.77. The average Bonchev–Trinajstić information content (AvgIpc) is 3.07. The van der Waals surface area contributed by atoms with Gasteiger partial charge in [-0.3, -0.25) is 4.79 Å². The van der Waals surface area contributed by atoms with Crippen LogP contribution in [0.15, 0.2) is 18.2 Å². The van der Waals surface area contributed by atoms with Crippen LogP contribution in [0.3, 0.4) is 0 Å². The topological polar surface area (TPSA) is 81.9 Å². The fourth-order valence-electron chi connectivity index (χ4n) is 5.85. The van der Waals surface area contributed by atoms with Crippen LogP contribution in [0.4, 0.5) is 0 Å². The zero-order chi connectivity index (χ0) is 18.6. The van der Waals surface area contributed by atoms with E-state index in [1.165, 1.54) is 7.11 Å². The van der Waals surface area contributed by atoms with Gasteiger partial charge in [-0.2, -0.15) is 0 Å². The lowest BCUT2D eigenvalue weighted by atomic mass is 9.72. The molecular formula is C20H26N2O4. The van der Waals surface area contributed by atoms with Crippen molar-refractivity contribution in [3.8, 4) is 5.75 Å². The Balaban J connectivity index is 1.93. The molecule has 2 fully saturated rings. The number of carbonyl (C=O) groups is 2. The molecule has 0 bridgehead atoms. The standard InChI is InChI=1S/C20H26N2O4/c1-11-9-20-15-5-4-13(25-2)6-12(15)7-17(19(24)26-3)22(20)18(23)8-16(20)14(11)10-21/h4-6,11,14,16-17H,7-10,21H2,1-3H3. The van der Waals surface area contributed by atoms with Crippen LogP contribution in [0, 0.1) is 17.8 Å². The summed E-state index contributed by atoms with van der Waals surface area (Å²) in [5, 5.41) is 0. The molecule has 3 aliphatic rings. The van der Waals surface area contributed by atoms with Crippen LogP contribution in [0.25, 0.3) is 0 Å². The van der Waals surface area contributed by atoms with Gasteiger partial charge in [-0.25, -0.2) is 4.79 Å². The summed E-state index contributed by atoms with van der Waals surface area (Å²) in [5.41, 5.74) is 7.85. The highest BCUT2D eigenvalue weighted by molar-refractivity contribution is 5.89. The van der Waals surface area contributed by atoms with Crippen molar-refractivity contribution in [3.63, 3.8) is 0 Å². The summed E-state index contributed by atoms with van der Waals surface area (Å²) in [6, 6.07) is 5.44. The van der Waals surface area contributed by atoms with E-state index in [2.05, 4.69) is 13.0 Å². The maximum absolute atomic E-state index is 13.0. The first-order valence-corrected chi connectivity index (χ1v) is 9.25. The Labute approximate surface area is 153 Å². The molecule has 140 valence electrons. The number of rotatable bonds is 3. The molecular weight excluding hydrogens is 332 g/mol. The first-order valence-electron chi connectivity index (χ1n) is 9.25. The third kappa shape index (κ3) is 2.08. The normalized spacial score (nSPS) is 34.9. The molecule has 0 aromatic heterocycles. The van der Waals surface area contributed by atoms with Crippen LogP contribution in [0.1, 0.15) is 30.9 Å². The maximum atomic E-state index is 13.0. The molecule has 2 N–H and O–H groups in total. The van der Waals surface area contributed by atoms with E-state index in [4.69, 9.17) is 15.2 Å². The van der Waals surface area contributed by atoms with Crippen LogP contribution in [0.2, 0.25) is 0 Å². The molecule has 5 unspecified atom stereocenters. The SMILES string of the molecule is COC(=O)C1Cc2cc(OC)ccc2C23CC(C)C(CN)C2CC(=O)N13. The second kappa shape index (κ2) is 5.98. The lowest BCUT2D eigenvalue weighted by Gasteiger charge is -2.48. The number of nitrogens with two attached hydrogens (primary N) is 1. The van der Waals surface area contributed by atoms with Crippen molar-refractivity contribution in [2.45, 2.75) is 37.8 Å². The van der Waals surface area contributed by atoms with Gasteiger partial charge in [0.2, 0.25) is 5.91 Å². The third-order valence-electron chi connectivity index (χ3n) is 6.84. The van der Waals surface area contributed by atoms with Crippen molar-refractivity contribution in [2.75, 3.05) is 20.8 Å². The zero-order valence-corrected chi connectivity index (χ0v) is 15.5. The predicted octanol–water partition coefficient (Wildman–Crippen LogP) is 1.45. The summed E-state index contributed by atoms with van der Waals surface area (Å²) in [7, 11) is 3.02. The Kier molecular flexibility index (Phi) is 3.99. The van der Waals surface area contributed by atoms with Crippen molar-refractivity contribution >= 4 is 11.9 Å². The Morgan fingerprint density at radius 2 is 2.12 bits per heavy atom. The Hall–Kier alpha value is -2.08. The molecule has 1 aliphatic carbocycles. The van der Waals surface area contributed by atoms with Gasteiger partial charge in [0, 0.05) is 12.8 Å². The molecule has 26 heavy (non-hydrogen) atoms. The molecule has 5 atom stereocenters. The number of nitrogens with zero attached hydrogens (tertiary/aromatic N) is 1. The van der Waals surface area contributed by atoms with E-state index in [-0.39, 0.29) is 23.7 Å². The lowest BCUT2D eigenvalue weighted by molar-refractivity contribution is -0.156. The molecule has 1 spiro atoms. The third-order valence-corrected chi connectivity index (χ3v) is 6.84. The molecule has 0 radical (unpaired) electrons. The van der Waals surface area contributed by atoms with Gasteiger partial charge in [-0.15, -0.1) is 0 Å². The number of esters is 1. The van der Waals surface area contributed by atoms with Crippen molar-refractivity contribution in [1.29, 1.82) is 0 Å². The minimum Gasteiger partial charge on any atom is -0.497 e. The van der Waals surface area contributed by atoms with Gasteiger partial charge in [0.15, 0.2) is 0 Å². The van der Waals surface area contributed by atoms with Gasteiger partial charge in [0.05, 0.1) is 19.8 Å². The number of benzene rings is 1. The number of amides is 1. The monoisotopic (exact) mass is 358 g/mol. The quantitative estimate of drug-likeness (QED) is 0.827. The molecule has 1 amide bonds. The van der Waals surface area contributed by atoms with Gasteiger partial charge in [0.1, 0.15) is 11.8 Å². The highest BCUT2D eigenvalue weighted by atomic mass is 16.5. The number of methoxy groups -OCH3 is 2. The maximum Gasteiger partial charge on any atom is 0.328 e. The molecule has 2 heterocycles. The molecule has 1 aromatic rings. The van der Waals surface area contributed by atoms with Crippen LogP contribution >= 0.6 is 0 Å². The van der Waals surface area contributed by atoms with Gasteiger partial charge >= 0.3 is 5.97 Å². The Bertz CT molecular complexity index is 764. The van der Waals surface area contributed by atoms with Crippen LogP contribution < -0.4 is 10.5 Å². The van der Waals surface area contributed by atoms with E-state index in [0.29, 0.717) is 25.3 Å². The van der Waals surface area contributed by atoms with Crippen LogP contribution in [-0.4, -0.2) is 43.6 Å². The predicted molar refractivity (Wildman–Crippen MR) is 95.5 cm³/mol. The average molecular weight is 358 g/mol. The van der Waals surface area contributed by atoms with E-state index in [1.54, 1.807) is 7.11 Å². The Morgan fingerprint density at radius 1 is 1.35 bits per heavy atom. The fraction of sp³-hybridized carbons (Fsp3) is 0.600. The fourth-order valence-corrected chi connectivity index (χ4v) is 5.85. The first-order chi connectivity index (χ1) is 12.5. The molecule has 1 saturated heterocycles. The van der Waals surface area contributed by atoms with Crippen molar-refractivity contribution < 1.29 is 19.1 Å². The van der Waals surface area contributed by atoms with Gasteiger partial charge < -0.3 is 20.1 Å². The van der Waals surface area contributed by atoms with Gasteiger partial charge in [-0.1, -0.05) is 13.0 Å². The molecule has 6 heteroatoms. The van der Waals surface area contributed by atoms with E-state index < -0.39 is 11.6 Å². The summed E-state index contributed by atoms with van der Waals surface area (Å²) < 4.78 is 10.4. The van der Waals surface area contributed by atoms with Crippen molar-refractivity contribution in [1.82, 2.24) is 4.90 Å². The van der Waals surface area contributed by atoms with E-state index >= 15 is 0 Å². The van der Waals surface area contributed by atoms with Gasteiger partial charge in [0.25, 0.3) is 0 Å². The highest BCUT2D eigenvalue weighted by Gasteiger charge is 2.65. The largest absolute Gasteiger partial charge is 0.497 e. The van der Waals surface area contributed by atoms with E-state index in [9.17, 15) is 9.59 Å². The summed E-state index contributed by atoms with van der Waals surface area (Å²) in [4.78, 5) is 27.4. The number of hydrogen-bond acceptors (Lipinski definition) is 5. The summed E-state index contributed by atoms with van der Waals surface area (Å²) in [6.07, 6.45) is 1.74. The van der Waals surface area contributed by atoms with Crippen LogP contribution in [0.5, 0.6) is 5.75 Å². The lowest BCUT2D eigenvalue weighted by Crippen LogP contribution is -2.57. The molecule has 4 rings (SSSR count). The molecule has 1 aromatic carbocycles. The van der Waals surface area contributed by atoms with E-state index in [0.717, 1.165) is 23.3 Å². The summed E-state index contributed by atoms with van der Waals surface area (Å²) >= 11 is 0. The molecule has 6 nitrogen and oxygen atoms in total. The smallest absolute Gasteiger partial charge is 0.328 e. The first kappa shape index (κ1) is 17.3. The minimum atomic E-state index is -0.583. The molecule has 1 saturated carbocycles. The van der Waals surface area contributed by atoms with Crippen LogP contribution in [-0.2, 0) is 26.3 Å². The molecule has 2 aliphatic heterocycles. The number of carbonyl (C=O) groups excluding carboxylic acids is 2. The second-order valence-corrected chi connectivity index (χ2v) is 7.85. The zero-order valence-electron chi connectivity index (χ0n) is 15.5.